The van der Waals surface area contributed by atoms with E-state index in [1.54, 1.807) is 20.8 Å². The van der Waals surface area contributed by atoms with Gasteiger partial charge in [0.15, 0.2) is 5.75 Å². The Balaban J connectivity index is 2.88. The van der Waals surface area contributed by atoms with E-state index < -0.39 is 16.6 Å². The number of ether oxygens (including phenoxy) is 3. The molecule has 9 nitrogen and oxygen atoms in total. The van der Waals surface area contributed by atoms with Crippen molar-refractivity contribution in [2.75, 3.05) is 25.7 Å². The Hall–Kier alpha value is -2.84. The van der Waals surface area contributed by atoms with E-state index >= 15 is 0 Å². The molecule has 29 heavy (non-hydrogen) atoms. The number of carbonyl (C=O) groups is 2. The minimum absolute atomic E-state index is 0.0686. The number of hydrogen-bond acceptors (Lipinski definition) is 7. The van der Waals surface area contributed by atoms with Crippen molar-refractivity contribution < 1.29 is 28.7 Å². The van der Waals surface area contributed by atoms with Gasteiger partial charge in [-0.25, -0.2) is 4.79 Å². The second-order valence-corrected chi connectivity index (χ2v) is 7.49. The largest absolute Gasteiger partial charge is 0.490 e. The van der Waals surface area contributed by atoms with Crippen LogP contribution in [0.2, 0.25) is 0 Å². The van der Waals surface area contributed by atoms with Crippen molar-refractivity contribution in [2.45, 2.75) is 58.5 Å². The smallest absolute Gasteiger partial charge is 0.414 e. The minimum Gasteiger partial charge on any atom is -0.490 e. The predicted molar refractivity (Wildman–Crippen MR) is 108 cm³/mol. The number of amides is 1. The zero-order valence-corrected chi connectivity index (χ0v) is 17.7. The molecule has 0 aliphatic carbocycles. The third-order valence-corrected chi connectivity index (χ3v) is 4.03. The van der Waals surface area contributed by atoms with Crippen LogP contribution in [-0.4, -0.2) is 43.4 Å². The summed E-state index contributed by atoms with van der Waals surface area (Å²) >= 11 is 0. The third-order valence-electron chi connectivity index (χ3n) is 4.03. The summed E-state index contributed by atoms with van der Waals surface area (Å²) in [5.41, 5.74) is -0.403. The van der Waals surface area contributed by atoms with Gasteiger partial charge in [-0.1, -0.05) is 12.8 Å². The number of benzene rings is 1. The molecule has 1 amide bonds. The fourth-order valence-electron chi connectivity index (χ4n) is 2.62. The van der Waals surface area contributed by atoms with Crippen molar-refractivity contribution in [3.63, 3.8) is 0 Å². The molecule has 0 saturated heterocycles. The maximum Gasteiger partial charge on any atom is 0.414 e. The second kappa shape index (κ2) is 11.2. The lowest BCUT2D eigenvalue weighted by Gasteiger charge is -2.27. The molecule has 0 aromatic heterocycles. The molecular weight excluding hydrogens is 380 g/mol. The van der Waals surface area contributed by atoms with Crippen LogP contribution in [0.15, 0.2) is 18.2 Å². The summed E-state index contributed by atoms with van der Waals surface area (Å²) in [4.78, 5) is 35.9. The Morgan fingerprint density at radius 2 is 1.76 bits per heavy atom. The van der Waals surface area contributed by atoms with Gasteiger partial charge in [0.25, 0.3) is 0 Å². The molecule has 0 saturated carbocycles. The molecule has 0 aliphatic rings. The van der Waals surface area contributed by atoms with Gasteiger partial charge in [0.05, 0.1) is 24.8 Å². The number of anilines is 1. The van der Waals surface area contributed by atoms with Crippen LogP contribution >= 0.6 is 0 Å². The molecule has 0 bridgehead atoms. The van der Waals surface area contributed by atoms with Crippen molar-refractivity contribution in [3.05, 3.63) is 28.3 Å². The maximum absolute atomic E-state index is 12.7. The van der Waals surface area contributed by atoms with Crippen LogP contribution in [0.4, 0.5) is 16.2 Å². The average molecular weight is 410 g/mol. The van der Waals surface area contributed by atoms with E-state index in [0.29, 0.717) is 31.5 Å². The zero-order chi connectivity index (χ0) is 22.0. The standard InChI is InChI=1S/C20H30N2O7/c1-20(2,3)29-19(24)21(13-9-7-6-8-10-18(23)28-5)15-11-12-16(22(25)26)17(14-15)27-4/h11-12,14H,6-10,13H2,1-5H3. The molecule has 9 heteroatoms. The zero-order valence-electron chi connectivity index (χ0n) is 17.7. The molecule has 0 N–H and O–H groups in total. The summed E-state index contributed by atoms with van der Waals surface area (Å²) in [7, 11) is 2.70. The molecule has 0 radical (unpaired) electrons. The van der Waals surface area contributed by atoms with Crippen LogP contribution in [0.5, 0.6) is 5.75 Å². The van der Waals surface area contributed by atoms with Crippen LogP contribution in [0.1, 0.15) is 52.9 Å². The van der Waals surface area contributed by atoms with Crippen molar-refractivity contribution in [3.8, 4) is 5.75 Å². The van der Waals surface area contributed by atoms with Gasteiger partial charge in [-0.05, 0) is 39.7 Å². The van der Waals surface area contributed by atoms with Crippen molar-refractivity contribution in [2.24, 2.45) is 0 Å². The van der Waals surface area contributed by atoms with Gasteiger partial charge in [-0.3, -0.25) is 19.8 Å². The van der Waals surface area contributed by atoms with Gasteiger partial charge in [-0.15, -0.1) is 0 Å². The monoisotopic (exact) mass is 410 g/mol. The van der Waals surface area contributed by atoms with E-state index in [2.05, 4.69) is 4.74 Å². The molecule has 0 spiro atoms. The molecular formula is C20H30N2O7. The van der Waals surface area contributed by atoms with E-state index in [-0.39, 0.29) is 17.4 Å². The van der Waals surface area contributed by atoms with Gasteiger partial charge >= 0.3 is 17.7 Å². The second-order valence-electron chi connectivity index (χ2n) is 7.49. The number of nitro groups is 1. The van der Waals surface area contributed by atoms with E-state index in [1.165, 1.54) is 37.3 Å². The first-order chi connectivity index (χ1) is 13.6. The van der Waals surface area contributed by atoms with Crippen molar-refractivity contribution in [1.29, 1.82) is 0 Å². The molecule has 0 heterocycles. The van der Waals surface area contributed by atoms with Crippen LogP contribution in [-0.2, 0) is 14.3 Å². The fourth-order valence-corrected chi connectivity index (χ4v) is 2.62. The highest BCUT2D eigenvalue weighted by atomic mass is 16.6. The van der Waals surface area contributed by atoms with Gasteiger partial charge in [-0.2, -0.15) is 0 Å². The van der Waals surface area contributed by atoms with Crippen molar-refractivity contribution >= 4 is 23.4 Å². The predicted octanol–water partition coefficient (Wildman–Crippen LogP) is 4.47. The van der Waals surface area contributed by atoms with Crippen LogP contribution in [0.3, 0.4) is 0 Å². The molecule has 1 aromatic carbocycles. The summed E-state index contributed by atoms with van der Waals surface area (Å²) in [6, 6.07) is 4.27. The maximum atomic E-state index is 12.7. The SMILES string of the molecule is COC(=O)CCCCCCN(C(=O)OC(C)(C)C)c1ccc([N+](=O)[O-])c(OC)c1. The highest BCUT2D eigenvalue weighted by Gasteiger charge is 2.25. The highest BCUT2D eigenvalue weighted by molar-refractivity contribution is 5.88. The number of esters is 1. The molecule has 162 valence electrons. The number of carbonyl (C=O) groups excluding carboxylic acids is 2. The Labute approximate surface area is 171 Å². The molecule has 1 aromatic rings. The fraction of sp³-hybridized carbons (Fsp3) is 0.600. The lowest BCUT2D eigenvalue weighted by atomic mass is 10.1. The van der Waals surface area contributed by atoms with Crippen LogP contribution in [0.25, 0.3) is 0 Å². The van der Waals surface area contributed by atoms with E-state index in [4.69, 9.17) is 9.47 Å². The van der Waals surface area contributed by atoms with Crippen LogP contribution < -0.4 is 9.64 Å². The first-order valence-corrected chi connectivity index (χ1v) is 9.49. The van der Waals surface area contributed by atoms with Crippen molar-refractivity contribution in [1.82, 2.24) is 0 Å². The normalized spacial score (nSPS) is 10.9. The lowest BCUT2D eigenvalue weighted by molar-refractivity contribution is -0.385. The Morgan fingerprint density at radius 1 is 1.10 bits per heavy atom. The Morgan fingerprint density at radius 3 is 2.31 bits per heavy atom. The molecule has 0 fully saturated rings. The average Bonchev–Trinajstić information content (AvgIpc) is 2.64. The Bertz CT molecular complexity index is 713. The minimum atomic E-state index is -0.680. The number of unbranched alkanes of at least 4 members (excludes halogenated alkanes) is 3. The summed E-state index contributed by atoms with van der Waals surface area (Å²) in [5.74, 6) is -0.169. The first-order valence-electron chi connectivity index (χ1n) is 9.49. The quantitative estimate of drug-likeness (QED) is 0.242. The number of rotatable bonds is 10. The number of methoxy groups -OCH3 is 2. The Kier molecular flexibility index (Phi) is 9.37. The van der Waals surface area contributed by atoms with E-state index in [9.17, 15) is 19.7 Å². The lowest BCUT2D eigenvalue weighted by Crippen LogP contribution is -2.37. The number of hydrogen-bond donors (Lipinski definition) is 0. The number of nitrogens with zero attached hydrogens (tertiary/aromatic N) is 2. The van der Waals surface area contributed by atoms with Gasteiger partial charge in [0.1, 0.15) is 5.60 Å². The number of nitro benzene ring substituents is 1. The van der Waals surface area contributed by atoms with E-state index in [1.807, 2.05) is 0 Å². The molecule has 0 atom stereocenters. The molecule has 1 rings (SSSR count). The van der Waals surface area contributed by atoms with Gasteiger partial charge in [0, 0.05) is 25.1 Å². The summed E-state index contributed by atoms with van der Waals surface area (Å²) in [6.07, 6.45) is 2.85. The summed E-state index contributed by atoms with van der Waals surface area (Å²) in [6.45, 7) is 5.68. The molecule has 0 aliphatic heterocycles. The first kappa shape index (κ1) is 24.2. The summed E-state index contributed by atoms with van der Waals surface area (Å²) in [5, 5.41) is 11.1. The van der Waals surface area contributed by atoms with E-state index in [0.717, 1.165) is 12.8 Å². The molecule has 0 unspecified atom stereocenters. The topological polar surface area (TPSA) is 108 Å². The van der Waals surface area contributed by atoms with Gasteiger partial charge in [0.2, 0.25) is 0 Å². The van der Waals surface area contributed by atoms with Gasteiger partial charge < -0.3 is 14.2 Å². The highest BCUT2D eigenvalue weighted by Crippen LogP contribution is 2.32. The third kappa shape index (κ3) is 8.37. The summed E-state index contributed by atoms with van der Waals surface area (Å²) < 4.78 is 15.2. The van der Waals surface area contributed by atoms with Crippen LogP contribution in [0, 0.1) is 10.1 Å².